The average Bonchev–Trinajstić information content (AvgIpc) is 2.68. The Bertz CT molecular complexity index is 400. The van der Waals surface area contributed by atoms with E-state index in [1.54, 1.807) is 0 Å². The highest BCUT2D eigenvalue weighted by molar-refractivity contribution is 5.85. The summed E-state index contributed by atoms with van der Waals surface area (Å²) in [5.41, 5.74) is 1.80. The van der Waals surface area contributed by atoms with E-state index in [0.717, 1.165) is 5.56 Å². The molecular weight excluding hydrogens is 206 g/mol. The molecule has 0 saturated heterocycles. The van der Waals surface area contributed by atoms with Crippen LogP contribution in [0.1, 0.15) is 5.56 Å². The van der Waals surface area contributed by atoms with Crippen molar-refractivity contribution in [2.24, 2.45) is 0 Å². The zero-order chi connectivity index (χ0) is 11.4. The Kier molecular flexibility index (Phi) is 3.22. The second-order valence-electron chi connectivity index (χ2n) is 3.44. The van der Waals surface area contributed by atoms with Gasteiger partial charge in [-0.25, -0.2) is 4.79 Å². The molecule has 1 aliphatic rings. The molecule has 1 N–H and O–H groups in total. The topological polar surface area (TPSA) is 47.6 Å². The first-order valence-electron chi connectivity index (χ1n) is 5.02. The number of hydrogen-bond donors (Lipinski definition) is 1. The smallest absolute Gasteiger partial charge is 0.335 e. The monoisotopic (exact) mass is 219 g/mol. The van der Waals surface area contributed by atoms with Gasteiger partial charge in [0.1, 0.15) is 0 Å². The zero-order valence-corrected chi connectivity index (χ0v) is 8.97. The number of benzene rings is 1. The maximum absolute atomic E-state index is 11.0. The van der Waals surface area contributed by atoms with Crippen LogP contribution in [0.15, 0.2) is 42.1 Å². The highest BCUT2D eigenvalue weighted by Crippen LogP contribution is 2.14. The number of carbonyl (C=O) groups is 1. The van der Waals surface area contributed by atoms with Crippen molar-refractivity contribution in [1.29, 1.82) is 0 Å². The van der Waals surface area contributed by atoms with E-state index in [1.807, 2.05) is 30.3 Å². The van der Waals surface area contributed by atoms with Gasteiger partial charge in [0, 0.05) is 19.7 Å². The van der Waals surface area contributed by atoms with Crippen molar-refractivity contribution in [2.75, 3.05) is 7.11 Å². The third kappa shape index (κ3) is 2.41. The van der Waals surface area contributed by atoms with Crippen LogP contribution >= 0.6 is 0 Å². The molecule has 0 amide bonds. The first kappa shape index (κ1) is 10.7. The minimum Gasteiger partial charge on any atom is -0.426 e. The van der Waals surface area contributed by atoms with Crippen molar-refractivity contribution in [2.45, 2.75) is 12.8 Å². The fourth-order valence-corrected chi connectivity index (χ4v) is 1.51. The minimum absolute atomic E-state index is 0.373. The molecule has 0 saturated carbocycles. The van der Waals surface area contributed by atoms with Gasteiger partial charge in [-0.05, 0) is 5.56 Å². The highest BCUT2D eigenvalue weighted by Gasteiger charge is 2.25. The van der Waals surface area contributed by atoms with Gasteiger partial charge in [-0.2, -0.15) is 0 Å². The third-order valence-electron chi connectivity index (χ3n) is 2.30. The Morgan fingerprint density at radius 2 is 2.12 bits per heavy atom. The Morgan fingerprint density at radius 3 is 2.81 bits per heavy atom. The quantitative estimate of drug-likeness (QED) is 0.773. The summed E-state index contributed by atoms with van der Waals surface area (Å²) in [4.78, 5) is 11.0. The number of hydrogen-bond acceptors (Lipinski definition) is 4. The van der Waals surface area contributed by atoms with Gasteiger partial charge < -0.3 is 14.8 Å². The second kappa shape index (κ2) is 4.81. The lowest BCUT2D eigenvalue weighted by atomic mass is 10.2. The number of cyclic esters (lactones) is 1. The molecule has 0 radical (unpaired) electrons. The van der Waals surface area contributed by atoms with E-state index in [0.29, 0.717) is 12.2 Å². The molecule has 16 heavy (non-hydrogen) atoms. The molecule has 84 valence electrons. The van der Waals surface area contributed by atoms with Crippen LogP contribution in [0.5, 0.6) is 0 Å². The number of methoxy groups -OCH3 is 1. The summed E-state index contributed by atoms with van der Waals surface area (Å²) in [5.74, 6) is -0.373. The molecule has 1 aromatic rings. The largest absolute Gasteiger partial charge is 0.426 e. The molecule has 0 aromatic heterocycles. The van der Waals surface area contributed by atoms with Crippen LogP contribution in [-0.2, 0) is 20.8 Å². The first-order chi connectivity index (χ1) is 7.79. The van der Waals surface area contributed by atoms with E-state index < -0.39 is 6.29 Å². The molecule has 4 heteroatoms. The van der Waals surface area contributed by atoms with Gasteiger partial charge in [-0.3, -0.25) is 0 Å². The normalized spacial score (nSPS) is 19.2. The third-order valence-corrected chi connectivity index (χ3v) is 2.30. The molecule has 0 fully saturated rings. The maximum Gasteiger partial charge on any atom is 0.335 e. The molecule has 0 spiro atoms. The average molecular weight is 219 g/mol. The summed E-state index contributed by atoms with van der Waals surface area (Å²) in [7, 11) is 1.50. The SMILES string of the molecule is CO[C@@H]1OC(=O)C=C1NCc1ccccc1. The number of ether oxygens (including phenoxy) is 2. The summed E-state index contributed by atoms with van der Waals surface area (Å²) < 4.78 is 9.90. The van der Waals surface area contributed by atoms with Crippen molar-refractivity contribution in [1.82, 2.24) is 5.32 Å². The van der Waals surface area contributed by atoms with Crippen molar-refractivity contribution >= 4 is 5.97 Å². The Morgan fingerprint density at radius 1 is 1.38 bits per heavy atom. The predicted octanol–water partition coefficient (Wildman–Crippen LogP) is 1.19. The van der Waals surface area contributed by atoms with Gasteiger partial charge >= 0.3 is 5.97 Å². The number of carbonyl (C=O) groups excluding carboxylic acids is 1. The Hall–Kier alpha value is -1.81. The van der Waals surface area contributed by atoms with Gasteiger partial charge in [0.15, 0.2) is 0 Å². The maximum atomic E-state index is 11.0. The lowest BCUT2D eigenvalue weighted by Crippen LogP contribution is -2.24. The van der Waals surface area contributed by atoms with Crippen LogP contribution in [0.2, 0.25) is 0 Å². The Balaban J connectivity index is 1.95. The van der Waals surface area contributed by atoms with E-state index in [2.05, 4.69) is 5.32 Å². The van der Waals surface area contributed by atoms with Crippen molar-refractivity contribution in [3.8, 4) is 0 Å². The summed E-state index contributed by atoms with van der Waals surface area (Å²) in [6.45, 7) is 0.642. The number of rotatable bonds is 4. The van der Waals surface area contributed by atoms with E-state index in [9.17, 15) is 4.79 Å². The van der Waals surface area contributed by atoms with Crippen molar-refractivity contribution in [3.05, 3.63) is 47.7 Å². The van der Waals surface area contributed by atoms with E-state index in [1.165, 1.54) is 13.2 Å². The highest BCUT2D eigenvalue weighted by atomic mass is 16.7. The minimum atomic E-state index is -0.601. The molecule has 0 unspecified atom stereocenters. The molecule has 4 nitrogen and oxygen atoms in total. The summed E-state index contributed by atoms with van der Waals surface area (Å²) in [6.07, 6.45) is 0.813. The Labute approximate surface area is 93.9 Å². The van der Waals surface area contributed by atoms with Crippen LogP contribution in [0.3, 0.4) is 0 Å². The second-order valence-corrected chi connectivity index (χ2v) is 3.44. The van der Waals surface area contributed by atoms with E-state index in [4.69, 9.17) is 9.47 Å². The summed E-state index contributed by atoms with van der Waals surface area (Å²) in [6, 6.07) is 9.91. The van der Waals surface area contributed by atoms with Gasteiger partial charge in [-0.1, -0.05) is 30.3 Å². The number of esters is 1. The fourth-order valence-electron chi connectivity index (χ4n) is 1.51. The summed E-state index contributed by atoms with van der Waals surface area (Å²) in [5, 5.41) is 3.12. The van der Waals surface area contributed by atoms with E-state index in [-0.39, 0.29) is 5.97 Å². The van der Waals surface area contributed by atoms with Crippen LogP contribution in [-0.4, -0.2) is 19.4 Å². The summed E-state index contributed by atoms with van der Waals surface area (Å²) >= 11 is 0. The molecule has 1 atom stereocenters. The van der Waals surface area contributed by atoms with Crippen LogP contribution in [0.4, 0.5) is 0 Å². The molecule has 0 bridgehead atoms. The molecule has 1 aliphatic heterocycles. The molecule has 2 rings (SSSR count). The van der Waals surface area contributed by atoms with Crippen molar-refractivity contribution < 1.29 is 14.3 Å². The van der Waals surface area contributed by atoms with Crippen LogP contribution in [0.25, 0.3) is 0 Å². The molecule has 1 aromatic carbocycles. The molecular formula is C12H13NO3. The zero-order valence-electron chi connectivity index (χ0n) is 8.97. The van der Waals surface area contributed by atoms with E-state index >= 15 is 0 Å². The first-order valence-corrected chi connectivity index (χ1v) is 5.02. The lowest BCUT2D eigenvalue weighted by molar-refractivity contribution is -0.155. The fraction of sp³-hybridized carbons (Fsp3) is 0.250. The van der Waals surface area contributed by atoms with Crippen LogP contribution < -0.4 is 5.32 Å². The van der Waals surface area contributed by atoms with Gasteiger partial charge in [0.2, 0.25) is 6.29 Å². The van der Waals surface area contributed by atoms with Gasteiger partial charge in [0.25, 0.3) is 0 Å². The molecule has 1 heterocycles. The van der Waals surface area contributed by atoms with Gasteiger partial charge in [0.05, 0.1) is 5.70 Å². The predicted molar refractivity (Wildman–Crippen MR) is 58.3 cm³/mol. The van der Waals surface area contributed by atoms with Gasteiger partial charge in [-0.15, -0.1) is 0 Å². The van der Waals surface area contributed by atoms with Crippen molar-refractivity contribution in [3.63, 3.8) is 0 Å². The standard InChI is InChI=1S/C12H13NO3/c1-15-12-10(7-11(14)16-12)13-8-9-5-3-2-4-6-9/h2-7,12-13H,8H2,1H3/t12-/m1/s1. The molecule has 0 aliphatic carbocycles. The lowest BCUT2D eigenvalue weighted by Gasteiger charge is -2.13. The number of nitrogens with one attached hydrogen (secondary N) is 1. The van der Waals surface area contributed by atoms with Crippen LogP contribution in [0, 0.1) is 0 Å².